The van der Waals surface area contributed by atoms with Crippen LogP contribution in [0.5, 0.6) is 0 Å². The number of carbonyl (C=O) groups is 9. The Morgan fingerprint density at radius 2 is 1.06 bits per heavy atom. The van der Waals surface area contributed by atoms with Gasteiger partial charge in [0, 0.05) is 13.1 Å². The highest BCUT2D eigenvalue weighted by Gasteiger charge is 2.49. The zero-order chi connectivity index (χ0) is 47.8. The molecule has 0 radical (unpaired) electrons. The molecule has 4 rings (SSSR count). The number of nitrogens with one attached hydrogen (secondary N) is 6. The number of hydrogen-bond acceptors (Lipinski definition) is 16. The van der Waals surface area contributed by atoms with Crippen LogP contribution in [0.1, 0.15) is 92.9 Å². The van der Waals surface area contributed by atoms with Gasteiger partial charge >= 0.3 is 0 Å². The molecule has 3 unspecified atom stereocenters. The fraction of sp³-hybridized carbons (Fsp3) is 0.786. The van der Waals surface area contributed by atoms with E-state index in [2.05, 4.69) is 36.8 Å². The summed E-state index contributed by atoms with van der Waals surface area (Å²) in [6.45, 7) is 10.4. The van der Waals surface area contributed by atoms with E-state index < -0.39 is 66.2 Å². The Morgan fingerprint density at radius 3 is 1.48 bits per heavy atom. The maximum atomic E-state index is 13.0. The smallest absolute Gasteiger partial charge is 0.290 e. The first-order valence-corrected chi connectivity index (χ1v) is 26.1. The van der Waals surface area contributed by atoms with E-state index in [1.165, 1.54) is 33.6 Å². The standard InChI is InChI=1S/C21H36N4O5S2.C21H34N4O5S2/c2*1-5-7-15(18(28)20(30)22-11-17(27)23-13(2)14(3)26)24-19(29)16-10-21(12-25(16)4)31-8-6-9-32-21/h13,15-16,18,28H,5-12H2,1-4H3,(H,22,30)(H,23,27)(H,24,29);13,15-16H,5-12H2,1-4H3,(H,22,30)(H,23,27)(H,24,29)/t13-,15?,16-,18?;13-,15?,16-/m00/s1. The maximum Gasteiger partial charge on any atom is 0.290 e. The lowest BCUT2D eigenvalue weighted by Crippen LogP contribution is -2.55. The fourth-order valence-corrected chi connectivity index (χ4v) is 14.6. The van der Waals surface area contributed by atoms with Gasteiger partial charge in [0.25, 0.3) is 11.8 Å². The largest absolute Gasteiger partial charge is 0.381 e. The molecule has 0 aromatic heterocycles. The number of likely N-dealkylation sites (N-methyl/N-ethyl adjacent to an activating group) is 2. The molecule has 7 N–H and O–H groups in total. The molecule has 0 aromatic rings. The van der Waals surface area contributed by atoms with Gasteiger partial charge in [0.15, 0.2) is 17.7 Å². The summed E-state index contributed by atoms with van der Waals surface area (Å²) in [6.07, 6.45) is 4.36. The highest BCUT2D eigenvalue weighted by atomic mass is 32.2. The van der Waals surface area contributed by atoms with Crippen molar-refractivity contribution in [2.75, 3.05) is 63.3 Å². The summed E-state index contributed by atoms with van der Waals surface area (Å²) in [7, 11) is 3.85. The Balaban J connectivity index is 0.000000340. The summed E-state index contributed by atoms with van der Waals surface area (Å²) in [5, 5.41) is 25.8. The third kappa shape index (κ3) is 16.8. The summed E-state index contributed by atoms with van der Waals surface area (Å²) in [4.78, 5) is 114. The van der Waals surface area contributed by atoms with Crippen molar-refractivity contribution in [1.82, 2.24) is 41.7 Å². The topological polar surface area (TPSA) is 253 Å². The summed E-state index contributed by atoms with van der Waals surface area (Å²) >= 11 is 7.65. The number of aliphatic hydroxyl groups excluding tert-OH is 1. The van der Waals surface area contributed by atoms with Gasteiger partial charge in [-0.3, -0.25) is 53.0 Å². The van der Waals surface area contributed by atoms with Gasteiger partial charge in [-0.2, -0.15) is 0 Å². The van der Waals surface area contributed by atoms with Crippen molar-refractivity contribution < 1.29 is 48.3 Å². The van der Waals surface area contributed by atoms with E-state index in [4.69, 9.17) is 0 Å². The third-order valence-corrected chi connectivity index (χ3v) is 18.2. The number of hydrogen-bond donors (Lipinski definition) is 7. The van der Waals surface area contributed by atoms with E-state index in [0.29, 0.717) is 32.1 Å². The molecule has 4 saturated heterocycles. The van der Waals surface area contributed by atoms with Crippen LogP contribution in [-0.4, -0.2) is 181 Å². The quantitative estimate of drug-likeness (QED) is 0.0818. The highest BCUT2D eigenvalue weighted by molar-refractivity contribution is 8.19. The molecule has 18 nitrogen and oxygen atoms in total. The molecular weight excluding hydrogens is 905 g/mol. The number of thioether (sulfide) groups is 4. The Kier molecular flexibility index (Phi) is 22.9. The van der Waals surface area contributed by atoms with Crippen molar-refractivity contribution in [2.24, 2.45) is 0 Å². The summed E-state index contributed by atoms with van der Waals surface area (Å²) < 4.78 is 0.0522. The van der Waals surface area contributed by atoms with Crippen LogP contribution in [0.2, 0.25) is 0 Å². The average Bonchev–Trinajstić information content (AvgIpc) is 3.75. The van der Waals surface area contributed by atoms with Crippen molar-refractivity contribution >= 4 is 99.8 Å². The number of amides is 6. The molecule has 0 aliphatic carbocycles. The van der Waals surface area contributed by atoms with Crippen LogP contribution < -0.4 is 31.9 Å². The van der Waals surface area contributed by atoms with Crippen LogP contribution in [0.3, 0.4) is 0 Å². The fourth-order valence-electron chi connectivity index (χ4n) is 7.62. The Bertz CT molecular complexity index is 1680. The monoisotopic (exact) mass is 974 g/mol. The van der Waals surface area contributed by atoms with Gasteiger partial charge in [0.2, 0.25) is 29.4 Å². The molecule has 4 heterocycles. The van der Waals surface area contributed by atoms with Gasteiger partial charge in [-0.1, -0.05) is 26.7 Å². The van der Waals surface area contributed by atoms with Crippen molar-refractivity contribution in [2.45, 2.75) is 143 Å². The van der Waals surface area contributed by atoms with Gasteiger partial charge in [-0.25, -0.2) is 0 Å². The first-order chi connectivity index (χ1) is 30.2. The Labute approximate surface area is 394 Å². The van der Waals surface area contributed by atoms with Crippen molar-refractivity contribution in [3.05, 3.63) is 0 Å². The normalized spacial score (nSPS) is 22.6. The zero-order valence-corrected chi connectivity index (χ0v) is 41.8. The summed E-state index contributed by atoms with van der Waals surface area (Å²) in [5.74, 6) is 0.0205. The first-order valence-electron chi connectivity index (χ1n) is 22.1. The zero-order valence-electron chi connectivity index (χ0n) is 38.5. The molecule has 4 aliphatic rings. The summed E-state index contributed by atoms with van der Waals surface area (Å²) in [5.41, 5.74) is 0. The second kappa shape index (κ2) is 26.4. The van der Waals surface area contributed by atoms with Gasteiger partial charge in [0.1, 0.15) is 0 Å². The number of Topliss-reactive ketones (excluding diaryl/α,β-unsaturated/α-hetero) is 3. The number of nitrogens with zero attached hydrogens (tertiary/aromatic N) is 2. The van der Waals surface area contributed by atoms with Gasteiger partial charge in [-0.15, -0.1) is 47.0 Å². The molecular formula is C42H70N8O10S4. The molecule has 22 heteroatoms. The minimum absolute atomic E-state index is 0.0149. The molecule has 64 heavy (non-hydrogen) atoms. The van der Waals surface area contributed by atoms with E-state index in [-0.39, 0.29) is 50.2 Å². The van der Waals surface area contributed by atoms with Gasteiger partial charge in [0.05, 0.1) is 57.5 Å². The molecule has 7 atom stereocenters. The van der Waals surface area contributed by atoms with Crippen LogP contribution in [-0.2, 0) is 43.2 Å². The lowest BCUT2D eigenvalue weighted by molar-refractivity contribution is -0.141. The maximum absolute atomic E-state index is 13.0. The van der Waals surface area contributed by atoms with Crippen LogP contribution in [0.15, 0.2) is 0 Å². The Hall–Kier alpha value is -2.89. The highest BCUT2D eigenvalue weighted by Crippen LogP contribution is 2.51. The molecule has 362 valence electrons. The van der Waals surface area contributed by atoms with E-state index >= 15 is 0 Å². The summed E-state index contributed by atoms with van der Waals surface area (Å²) in [6, 6.07) is -3.66. The second-order valence-corrected chi connectivity index (χ2v) is 23.4. The van der Waals surface area contributed by atoms with Crippen LogP contribution in [0.25, 0.3) is 0 Å². The number of carbonyl (C=O) groups excluding carboxylic acids is 9. The molecule has 2 spiro atoms. The van der Waals surface area contributed by atoms with E-state index in [0.717, 1.165) is 42.5 Å². The molecule has 4 fully saturated rings. The lowest BCUT2D eigenvalue weighted by atomic mass is 10.0. The minimum atomic E-state index is -1.48. The van der Waals surface area contributed by atoms with Crippen LogP contribution in [0.4, 0.5) is 0 Å². The number of likely N-dealkylation sites (tertiary alicyclic amines) is 2. The SMILES string of the molecule is CCCC(NC(=O)[C@@H]1CC2(CN1C)SCCCS2)C(=O)C(=O)NCC(=O)N[C@@H](C)C(C)=O.CCCC(NC(=O)[C@@H]1CC2(CN1C)SCCCS2)C(O)C(=O)NCC(=O)N[C@@H](C)C(C)=O. The molecule has 6 amide bonds. The predicted octanol–water partition coefficient (Wildman–Crippen LogP) is 0.433. The van der Waals surface area contributed by atoms with Crippen LogP contribution >= 0.6 is 47.0 Å². The second-order valence-electron chi connectivity index (χ2n) is 17.0. The number of rotatable bonds is 20. The van der Waals surface area contributed by atoms with Crippen molar-refractivity contribution in [1.29, 1.82) is 0 Å². The average molecular weight is 975 g/mol. The van der Waals surface area contributed by atoms with Crippen LogP contribution in [0, 0.1) is 0 Å². The lowest BCUT2D eigenvalue weighted by Gasteiger charge is -2.31. The molecule has 0 aromatic carbocycles. The van der Waals surface area contributed by atoms with Crippen molar-refractivity contribution in [3.8, 4) is 0 Å². The molecule has 0 saturated carbocycles. The first kappa shape index (κ1) is 55.4. The van der Waals surface area contributed by atoms with E-state index in [9.17, 15) is 48.3 Å². The predicted molar refractivity (Wildman–Crippen MR) is 254 cm³/mol. The van der Waals surface area contributed by atoms with Gasteiger partial charge < -0.3 is 37.0 Å². The molecule has 0 bridgehead atoms. The number of ketones is 3. The Morgan fingerprint density at radius 1 is 0.641 bits per heavy atom. The van der Waals surface area contributed by atoms with Gasteiger partial charge in [-0.05, 0) is 103 Å². The molecule has 4 aliphatic heterocycles. The van der Waals surface area contributed by atoms with E-state index in [1.807, 2.05) is 79.9 Å². The van der Waals surface area contributed by atoms with E-state index in [1.54, 1.807) is 6.92 Å². The third-order valence-electron chi connectivity index (χ3n) is 11.5. The minimum Gasteiger partial charge on any atom is -0.381 e. The van der Waals surface area contributed by atoms with Crippen molar-refractivity contribution in [3.63, 3.8) is 0 Å². The number of aliphatic hydroxyl groups is 1.